The minimum Gasteiger partial charge on any atom is -0.481 e. The number of pyridine rings is 1. The Labute approximate surface area is 114 Å². The first kappa shape index (κ1) is 14.5. The lowest BCUT2D eigenvalue weighted by Gasteiger charge is -2.24. The monoisotopic (exact) mass is 311 g/mol. The topological polar surface area (TPSA) is 59.3 Å². The first-order valence-electron chi connectivity index (χ1n) is 5.44. The molecule has 4 nitrogen and oxygen atoms in total. The number of hydrogen-bond donors (Lipinski definition) is 1. The molecule has 1 rings (SSSR count). The zero-order chi connectivity index (χ0) is 13.9. The van der Waals surface area contributed by atoms with Gasteiger partial charge in [-0.25, -0.2) is 0 Å². The van der Waals surface area contributed by atoms with E-state index >= 15 is 0 Å². The average Bonchev–Trinajstić information content (AvgIpc) is 2.32. The molecule has 0 spiro atoms. The lowest BCUT2D eigenvalue weighted by molar-refractivity contribution is -0.143. The molecule has 0 aliphatic rings. The Hall–Kier alpha value is -1.54. The van der Waals surface area contributed by atoms with Gasteiger partial charge in [0.15, 0.2) is 0 Å². The first-order valence-corrected chi connectivity index (χ1v) is 6.23. The maximum Gasteiger partial charge on any atom is 0.313 e. The predicted molar refractivity (Wildman–Crippen MR) is 72.5 cm³/mol. The van der Waals surface area contributed by atoms with Crippen molar-refractivity contribution in [2.75, 3.05) is 0 Å². The van der Waals surface area contributed by atoms with Gasteiger partial charge in [0.05, 0.1) is 16.6 Å². The van der Waals surface area contributed by atoms with E-state index in [4.69, 9.17) is 6.42 Å². The van der Waals surface area contributed by atoms with E-state index in [2.05, 4.69) is 21.9 Å². The largest absolute Gasteiger partial charge is 0.481 e. The van der Waals surface area contributed by atoms with Gasteiger partial charge in [0.25, 0.3) is 5.56 Å². The van der Waals surface area contributed by atoms with Crippen molar-refractivity contribution in [1.82, 2.24) is 4.57 Å². The lowest BCUT2D eigenvalue weighted by Crippen LogP contribution is -2.34. The SMILES string of the molecule is C#CCn1c(Br)cc(C(C)(CC)C(=O)O)cc1=O. The molecule has 0 saturated carbocycles. The van der Waals surface area contributed by atoms with Crippen LogP contribution < -0.4 is 5.56 Å². The third-order valence-corrected chi connectivity index (χ3v) is 3.80. The van der Waals surface area contributed by atoms with E-state index in [1.54, 1.807) is 19.9 Å². The third kappa shape index (κ3) is 2.49. The molecule has 18 heavy (non-hydrogen) atoms. The Morgan fingerprint density at radius 2 is 2.22 bits per heavy atom. The van der Waals surface area contributed by atoms with Gasteiger partial charge in [-0.3, -0.25) is 14.2 Å². The molecule has 1 heterocycles. The summed E-state index contributed by atoms with van der Waals surface area (Å²) in [6.07, 6.45) is 5.57. The Balaban J connectivity index is 3.43. The highest BCUT2D eigenvalue weighted by Gasteiger charge is 2.34. The molecule has 1 unspecified atom stereocenters. The quantitative estimate of drug-likeness (QED) is 0.683. The highest BCUT2D eigenvalue weighted by atomic mass is 79.9. The summed E-state index contributed by atoms with van der Waals surface area (Å²) in [5.74, 6) is 1.42. The number of terminal acetylenes is 1. The molecule has 0 saturated heterocycles. The smallest absolute Gasteiger partial charge is 0.313 e. The Morgan fingerprint density at radius 3 is 2.61 bits per heavy atom. The summed E-state index contributed by atoms with van der Waals surface area (Å²) in [5, 5.41) is 9.28. The van der Waals surface area contributed by atoms with Crippen molar-refractivity contribution in [1.29, 1.82) is 0 Å². The van der Waals surface area contributed by atoms with Gasteiger partial charge in [0.2, 0.25) is 0 Å². The fraction of sp³-hybridized carbons (Fsp3) is 0.385. The van der Waals surface area contributed by atoms with Crippen LogP contribution >= 0.6 is 15.9 Å². The fourth-order valence-electron chi connectivity index (χ4n) is 1.61. The van der Waals surface area contributed by atoms with Crippen LogP contribution in [0.5, 0.6) is 0 Å². The lowest BCUT2D eigenvalue weighted by atomic mass is 9.81. The fourth-order valence-corrected chi connectivity index (χ4v) is 2.15. The molecule has 1 atom stereocenters. The van der Waals surface area contributed by atoms with Crippen molar-refractivity contribution in [2.24, 2.45) is 0 Å². The van der Waals surface area contributed by atoms with Gasteiger partial charge in [0, 0.05) is 6.07 Å². The minimum absolute atomic E-state index is 0.148. The molecule has 0 fully saturated rings. The molecule has 5 heteroatoms. The standard InChI is InChI=1S/C13H14BrNO3/c1-4-6-15-10(14)7-9(8-11(15)16)13(3,5-2)12(17)18/h1,7-8H,5-6H2,2-3H3,(H,17,18). The van der Waals surface area contributed by atoms with Crippen molar-refractivity contribution < 1.29 is 9.90 Å². The molecule has 96 valence electrons. The van der Waals surface area contributed by atoms with Crippen LogP contribution in [0.2, 0.25) is 0 Å². The molecule has 0 amide bonds. The number of carboxylic acid groups (broad SMARTS) is 1. The van der Waals surface area contributed by atoms with Gasteiger partial charge in [-0.1, -0.05) is 12.8 Å². The molecule has 1 aromatic heterocycles. The molecule has 0 aliphatic heterocycles. The van der Waals surface area contributed by atoms with E-state index in [1.807, 2.05) is 0 Å². The van der Waals surface area contributed by atoms with Gasteiger partial charge < -0.3 is 5.11 Å². The van der Waals surface area contributed by atoms with Crippen molar-refractivity contribution in [3.8, 4) is 12.3 Å². The van der Waals surface area contributed by atoms with Crippen LogP contribution in [-0.4, -0.2) is 15.6 Å². The average molecular weight is 312 g/mol. The first-order chi connectivity index (χ1) is 8.36. The summed E-state index contributed by atoms with van der Waals surface area (Å²) in [5.41, 5.74) is -0.905. The van der Waals surface area contributed by atoms with Gasteiger partial charge in [-0.15, -0.1) is 6.42 Å². The molecular formula is C13H14BrNO3. The predicted octanol–water partition coefficient (Wildman–Crippen LogP) is 2.00. The number of hydrogen-bond acceptors (Lipinski definition) is 2. The number of aromatic nitrogens is 1. The van der Waals surface area contributed by atoms with Crippen LogP contribution in [0.25, 0.3) is 0 Å². The van der Waals surface area contributed by atoms with Crippen LogP contribution in [0, 0.1) is 12.3 Å². The van der Waals surface area contributed by atoms with Crippen molar-refractivity contribution >= 4 is 21.9 Å². The summed E-state index contributed by atoms with van der Waals surface area (Å²) in [6.45, 7) is 3.52. The summed E-state index contributed by atoms with van der Waals surface area (Å²) < 4.78 is 1.85. The van der Waals surface area contributed by atoms with Crippen molar-refractivity contribution in [3.05, 3.63) is 32.7 Å². The zero-order valence-electron chi connectivity index (χ0n) is 10.2. The van der Waals surface area contributed by atoms with Gasteiger partial charge in [0.1, 0.15) is 0 Å². The van der Waals surface area contributed by atoms with Crippen molar-refractivity contribution in [2.45, 2.75) is 32.2 Å². The summed E-state index contributed by atoms with van der Waals surface area (Å²) in [6, 6.07) is 2.97. The Kier molecular flexibility index (Phi) is 4.36. The minimum atomic E-state index is -1.07. The number of aliphatic carboxylic acids is 1. The van der Waals surface area contributed by atoms with E-state index in [1.165, 1.54) is 10.6 Å². The summed E-state index contributed by atoms with van der Waals surface area (Å²) >= 11 is 3.24. The normalized spacial score (nSPS) is 13.7. The molecule has 1 aromatic rings. The molecule has 1 N–H and O–H groups in total. The van der Waals surface area contributed by atoms with Crippen LogP contribution in [0.15, 0.2) is 21.5 Å². The van der Waals surface area contributed by atoms with Gasteiger partial charge in [-0.2, -0.15) is 0 Å². The number of rotatable bonds is 4. The van der Waals surface area contributed by atoms with Crippen LogP contribution in [0.4, 0.5) is 0 Å². The van der Waals surface area contributed by atoms with Crippen LogP contribution in [0.1, 0.15) is 25.8 Å². The molecule has 0 aliphatic carbocycles. The maximum atomic E-state index is 11.9. The molecule has 0 bridgehead atoms. The molecular weight excluding hydrogens is 298 g/mol. The zero-order valence-corrected chi connectivity index (χ0v) is 11.8. The third-order valence-electron chi connectivity index (χ3n) is 3.14. The highest BCUT2D eigenvalue weighted by Crippen LogP contribution is 2.28. The van der Waals surface area contributed by atoms with E-state index < -0.39 is 11.4 Å². The second-order valence-electron chi connectivity index (χ2n) is 4.19. The van der Waals surface area contributed by atoms with Gasteiger partial charge in [-0.05, 0) is 40.9 Å². The molecule has 0 aromatic carbocycles. The number of nitrogens with zero attached hydrogens (tertiary/aromatic N) is 1. The van der Waals surface area contributed by atoms with Gasteiger partial charge >= 0.3 is 5.97 Å². The van der Waals surface area contributed by atoms with Crippen LogP contribution in [-0.2, 0) is 16.8 Å². The maximum absolute atomic E-state index is 11.9. The second kappa shape index (κ2) is 5.40. The number of carbonyl (C=O) groups is 1. The highest BCUT2D eigenvalue weighted by molar-refractivity contribution is 9.10. The van der Waals surface area contributed by atoms with Crippen molar-refractivity contribution in [3.63, 3.8) is 0 Å². The van der Waals surface area contributed by atoms with E-state index in [9.17, 15) is 14.7 Å². The van der Waals surface area contributed by atoms with Crippen LogP contribution in [0.3, 0.4) is 0 Å². The van der Waals surface area contributed by atoms with E-state index in [0.29, 0.717) is 16.6 Å². The number of halogens is 1. The summed E-state index contributed by atoms with van der Waals surface area (Å²) in [4.78, 5) is 23.2. The van der Waals surface area contributed by atoms with E-state index in [0.717, 1.165) is 0 Å². The molecule has 0 radical (unpaired) electrons. The number of carboxylic acids is 1. The Bertz CT molecular complexity index is 571. The Morgan fingerprint density at radius 1 is 1.61 bits per heavy atom. The second-order valence-corrected chi connectivity index (χ2v) is 5.00. The van der Waals surface area contributed by atoms with E-state index in [-0.39, 0.29) is 12.1 Å². The summed E-state index contributed by atoms with van der Waals surface area (Å²) in [7, 11) is 0.